The molecule has 1 aromatic rings. The fourth-order valence-corrected chi connectivity index (χ4v) is 4.53. The number of rotatable bonds is 23. The second-order valence-electron chi connectivity index (χ2n) is 9.17. The first-order valence-corrected chi connectivity index (χ1v) is 14.7. The highest BCUT2D eigenvalue weighted by Crippen LogP contribution is 2.16. The maximum absolute atomic E-state index is 12.7. The molecule has 0 bridgehead atoms. The molecule has 1 atom stereocenters. The summed E-state index contributed by atoms with van der Waals surface area (Å²) in [5, 5.41) is 3.18. The van der Waals surface area contributed by atoms with E-state index in [0.29, 0.717) is 19.6 Å². The van der Waals surface area contributed by atoms with E-state index in [1.165, 1.54) is 82.3 Å². The lowest BCUT2D eigenvalue weighted by Crippen LogP contribution is -3.00. The Kier molecular flexibility index (Phi) is 24.3. The Balaban J connectivity index is 0.0000109. The Morgan fingerprint density at radius 1 is 0.882 bits per heavy atom. The fraction of sp³-hybridized carbons (Fsp3) is 0.852. The lowest BCUT2D eigenvalue weighted by Gasteiger charge is -2.25. The van der Waals surface area contributed by atoms with E-state index in [9.17, 15) is 4.79 Å². The highest BCUT2D eigenvalue weighted by atomic mass is 127. The summed E-state index contributed by atoms with van der Waals surface area (Å²) < 4.78 is 2.02. The number of carbonyl (C=O) groups is 1. The van der Waals surface area contributed by atoms with Gasteiger partial charge in [0.2, 0.25) is 5.51 Å². The molecule has 7 heteroatoms. The van der Waals surface area contributed by atoms with Gasteiger partial charge >= 0.3 is 0 Å². The van der Waals surface area contributed by atoms with Crippen LogP contribution in [0.3, 0.4) is 0 Å². The summed E-state index contributed by atoms with van der Waals surface area (Å²) >= 11 is 1.63. The van der Waals surface area contributed by atoms with E-state index in [1.54, 1.807) is 11.3 Å². The quantitative estimate of drug-likeness (QED) is 0.0775. The van der Waals surface area contributed by atoms with E-state index in [0.717, 1.165) is 25.7 Å². The van der Waals surface area contributed by atoms with E-state index < -0.39 is 0 Å². The van der Waals surface area contributed by atoms with Crippen LogP contribution >= 0.6 is 11.3 Å². The van der Waals surface area contributed by atoms with Gasteiger partial charge in [0.15, 0.2) is 12.7 Å². The molecule has 34 heavy (non-hydrogen) atoms. The van der Waals surface area contributed by atoms with Crippen molar-refractivity contribution < 1.29 is 43.0 Å². The molecule has 200 valence electrons. The Morgan fingerprint density at radius 2 is 1.47 bits per heavy atom. The van der Waals surface area contributed by atoms with Crippen molar-refractivity contribution in [2.24, 2.45) is 0 Å². The number of hydroxylamine groups is 2. The summed E-state index contributed by atoms with van der Waals surface area (Å²) in [6.07, 6.45) is 22.8. The summed E-state index contributed by atoms with van der Waals surface area (Å²) in [7, 11) is 0. The van der Waals surface area contributed by atoms with Crippen LogP contribution in [0.1, 0.15) is 130 Å². The maximum Gasteiger partial charge on any atom is 0.279 e. The van der Waals surface area contributed by atoms with Gasteiger partial charge in [-0.05, 0) is 19.3 Å². The van der Waals surface area contributed by atoms with Gasteiger partial charge in [0.25, 0.3) is 5.91 Å². The molecule has 0 fully saturated rings. The Morgan fingerprint density at radius 3 is 1.97 bits per heavy atom. The third-order valence-electron chi connectivity index (χ3n) is 6.06. The van der Waals surface area contributed by atoms with Crippen LogP contribution in [0.5, 0.6) is 0 Å². The number of nitrogens with zero attached hydrogens (tertiary/aromatic N) is 2. The molecule has 0 radical (unpaired) electrons. The van der Waals surface area contributed by atoms with Crippen molar-refractivity contribution in [3.63, 3.8) is 0 Å². The molecule has 1 amide bonds. The van der Waals surface area contributed by atoms with E-state index in [2.05, 4.69) is 13.8 Å². The van der Waals surface area contributed by atoms with Crippen LogP contribution in [0, 0.1) is 0 Å². The molecule has 0 N–H and O–H groups in total. The van der Waals surface area contributed by atoms with E-state index in [4.69, 9.17) is 9.68 Å². The summed E-state index contributed by atoms with van der Waals surface area (Å²) in [5.41, 5.74) is 2.01. The molecule has 0 aliphatic carbocycles. The zero-order valence-corrected chi connectivity index (χ0v) is 25.1. The molecule has 0 aliphatic heterocycles. The number of unbranched alkanes of at least 4 members (excludes halogenated alkanes) is 12. The van der Waals surface area contributed by atoms with Crippen molar-refractivity contribution in [3.05, 3.63) is 17.1 Å². The number of hydrogen-bond acceptors (Lipinski definition) is 4. The SMILES string of the molecule is CCCCCCCCCCCCCCCC(CC)ON(OCCC)C(=O)CC[n+]1ccsc1.[I-]. The van der Waals surface area contributed by atoms with E-state index in [1.807, 2.05) is 28.6 Å². The van der Waals surface area contributed by atoms with Crippen LogP contribution in [0.2, 0.25) is 0 Å². The van der Waals surface area contributed by atoms with Gasteiger partial charge in [-0.1, -0.05) is 121 Å². The molecule has 1 aromatic heterocycles. The van der Waals surface area contributed by atoms with Crippen molar-refractivity contribution >= 4 is 17.2 Å². The van der Waals surface area contributed by atoms with Crippen LogP contribution < -0.4 is 28.5 Å². The molecule has 1 rings (SSSR count). The van der Waals surface area contributed by atoms with Crippen molar-refractivity contribution in [1.82, 2.24) is 5.23 Å². The minimum Gasteiger partial charge on any atom is -1.00 e. The normalized spacial score (nSPS) is 11.9. The largest absolute Gasteiger partial charge is 1.00 e. The maximum atomic E-state index is 12.7. The zero-order chi connectivity index (χ0) is 24.0. The summed E-state index contributed by atoms with van der Waals surface area (Å²) in [6.45, 7) is 7.58. The molecule has 0 saturated carbocycles. The molecule has 0 spiro atoms. The van der Waals surface area contributed by atoms with Gasteiger partial charge in [0, 0.05) is 0 Å². The molecule has 5 nitrogen and oxygen atoms in total. The van der Waals surface area contributed by atoms with Crippen LogP contribution in [0.15, 0.2) is 17.1 Å². The van der Waals surface area contributed by atoms with Crippen LogP contribution in [0.25, 0.3) is 0 Å². The van der Waals surface area contributed by atoms with Gasteiger partial charge in [-0.15, -0.1) is 0 Å². The molecule has 0 saturated heterocycles. The van der Waals surface area contributed by atoms with Crippen LogP contribution in [-0.4, -0.2) is 23.8 Å². The number of halogens is 1. The first-order valence-electron chi connectivity index (χ1n) is 13.7. The average Bonchev–Trinajstić information content (AvgIpc) is 3.35. The molecular weight excluding hydrogens is 559 g/mol. The number of aromatic nitrogens is 1. The zero-order valence-electron chi connectivity index (χ0n) is 22.1. The summed E-state index contributed by atoms with van der Waals surface area (Å²) in [5.74, 6) is -0.106. The van der Waals surface area contributed by atoms with Gasteiger partial charge in [0.05, 0.1) is 24.5 Å². The fourth-order valence-electron chi connectivity index (χ4n) is 3.90. The smallest absolute Gasteiger partial charge is 0.279 e. The lowest BCUT2D eigenvalue weighted by molar-refractivity contribution is -0.691. The number of amides is 1. The Labute approximate surface area is 230 Å². The van der Waals surface area contributed by atoms with Gasteiger partial charge in [0.1, 0.15) is 0 Å². The number of hydrogen-bond donors (Lipinski definition) is 0. The third kappa shape index (κ3) is 18.1. The summed E-state index contributed by atoms with van der Waals surface area (Å²) in [4.78, 5) is 24.3. The van der Waals surface area contributed by atoms with Gasteiger partial charge < -0.3 is 24.0 Å². The molecule has 0 aromatic carbocycles. The number of thiazole rings is 1. The Hall–Kier alpha value is -0.250. The van der Waals surface area contributed by atoms with E-state index in [-0.39, 0.29) is 36.0 Å². The van der Waals surface area contributed by atoms with E-state index >= 15 is 0 Å². The molecular formula is C27H51IN2O3S. The molecule has 1 heterocycles. The number of aryl methyl sites for hydroxylation is 1. The predicted octanol–water partition coefficient (Wildman–Crippen LogP) is 4.79. The minimum absolute atomic E-state index is 0. The van der Waals surface area contributed by atoms with Crippen LogP contribution in [-0.2, 0) is 21.0 Å². The van der Waals surface area contributed by atoms with Gasteiger partial charge in [-0.3, -0.25) is 4.79 Å². The van der Waals surface area contributed by atoms with Gasteiger partial charge in [-0.2, -0.15) is 4.57 Å². The predicted molar refractivity (Wildman–Crippen MR) is 138 cm³/mol. The highest BCUT2D eigenvalue weighted by Gasteiger charge is 2.21. The number of carbonyl (C=O) groups excluding carboxylic acids is 1. The second kappa shape index (κ2) is 24.4. The Bertz CT molecular complexity index is 560. The summed E-state index contributed by atoms with van der Waals surface area (Å²) in [6, 6.07) is 0. The molecule has 0 aliphatic rings. The lowest BCUT2D eigenvalue weighted by atomic mass is 10.0. The van der Waals surface area contributed by atoms with Crippen molar-refractivity contribution in [3.8, 4) is 0 Å². The average molecular weight is 611 g/mol. The second-order valence-corrected chi connectivity index (χ2v) is 9.92. The highest BCUT2D eigenvalue weighted by molar-refractivity contribution is 7.07. The van der Waals surface area contributed by atoms with Crippen molar-refractivity contribution in [2.45, 2.75) is 143 Å². The van der Waals surface area contributed by atoms with Crippen molar-refractivity contribution in [1.29, 1.82) is 0 Å². The van der Waals surface area contributed by atoms with Crippen LogP contribution in [0.4, 0.5) is 0 Å². The third-order valence-corrected chi connectivity index (χ3v) is 6.73. The monoisotopic (exact) mass is 610 g/mol. The molecule has 1 unspecified atom stereocenters. The van der Waals surface area contributed by atoms with Crippen molar-refractivity contribution in [2.75, 3.05) is 6.61 Å². The first kappa shape index (κ1) is 33.8. The first-order chi connectivity index (χ1) is 16.2. The topological polar surface area (TPSA) is 42.7 Å². The minimum atomic E-state index is -0.106. The van der Waals surface area contributed by atoms with Gasteiger partial charge in [-0.25, -0.2) is 9.68 Å². The standard InChI is InChI=1S/C27H51N2O3S.HI/c1-4-7-8-9-10-11-12-13-14-15-16-17-18-19-26(6-3)32-29(31-23-5-2)27(30)20-21-28-22-24-33-25-28;/h22,24-26H,4-21,23H2,1-3H3;1H/q+1;/p-1.